The van der Waals surface area contributed by atoms with E-state index in [2.05, 4.69) is 130 Å². The summed E-state index contributed by atoms with van der Waals surface area (Å²) in [6, 6.07) is 21.5. The van der Waals surface area contributed by atoms with Gasteiger partial charge in [0, 0.05) is 0 Å². The van der Waals surface area contributed by atoms with Crippen molar-refractivity contribution in [3.63, 3.8) is 0 Å². The number of benzene rings is 3. The molecule has 3 aromatic carbocycles. The SMILES string of the molecule is CC1CCC(C)CC1.Cc1ccc(C)c(C)c1.Cc1ccc(C)c(C)c1.Cc1ccc(C)cc1. The third kappa shape index (κ3) is 12.8. The molecule has 0 radical (unpaired) electrons. The van der Waals surface area contributed by atoms with Gasteiger partial charge in [0.25, 0.3) is 0 Å². The van der Waals surface area contributed by atoms with Crippen LogP contribution in [-0.2, 0) is 0 Å². The summed E-state index contributed by atoms with van der Waals surface area (Å²) >= 11 is 0. The summed E-state index contributed by atoms with van der Waals surface area (Å²) in [6.07, 6.45) is 5.89. The molecule has 0 aliphatic heterocycles. The fraction of sp³-hybridized carbons (Fsp3) is 0.471. The summed E-state index contributed by atoms with van der Waals surface area (Å²) in [5.41, 5.74) is 10.9. The molecule has 1 saturated carbocycles. The van der Waals surface area contributed by atoms with Crippen molar-refractivity contribution in [2.45, 2.75) is 94.9 Å². The van der Waals surface area contributed by atoms with Crippen LogP contribution in [0, 0.1) is 67.2 Å². The fourth-order valence-electron chi connectivity index (χ4n) is 3.85. The molecule has 0 nitrogen and oxygen atoms in total. The quantitative estimate of drug-likeness (QED) is 0.314. The molecule has 0 heterocycles. The van der Waals surface area contributed by atoms with Gasteiger partial charge < -0.3 is 0 Å². The van der Waals surface area contributed by atoms with Crippen LogP contribution >= 0.6 is 0 Å². The van der Waals surface area contributed by atoms with E-state index >= 15 is 0 Å². The highest BCUT2D eigenvalue weighted by molar-refractivity contribution is 5.29. The maximum atomic E-state index is 2.37. The van der Waals surface area contributed by atoms with Gasteiger partial charge in [-0.15, -0.1) is 0 Å². The smallest absolute Gasteiger partial charge is 0.0395 e. The van der Waals surface area contributed by atoms with Gasteiger partial charge in [-0.2, -0.15) is 0 Å². The molecule has 0 aromatic heterocycles. The standard InChI is InChI=1S/2C9H12.C8H16.C8H10/c2*1-7-4-5-8(2)9(3)6-7;2*1-7-3-5-8(2)6-4-7/h2*4-6H,1-3H3;7-8H,3-6H2,1-2H3;3-6H,1-2H3. The van der Waals surface area contributed by atoms with E-state index < -0.39 is 0 Å². The lowest BCUT2D eigenvalue weighted by molar-refractivity contribution is 0.308. The summed E-state index contributed by atoms with van der Waals surface area (Å²) < 4.78 is 0. The van der Waals surface area contributed by atoms with Gasteiger partial charge in [-0.25, -0.2) is 0 Å². The van der Waals surface area contributed by atoms with Crippen molar-refractivity contribution < 1.29 is 0 Å². The van der Waals surface area contributed by atoms with E-state index in [1.165, 1.54) is 70.2 Å². The van der Waals surface area contributed by atoms with Crippen LogP contribution in [0.4, 0.5) is 0 Å². The molecule has 1 fully saturated rings. The molecular formula is C34H50. The van der Waals surface area contributed by atoms with Crippen LogP contribution in [0.3, 0.4) is 0 Å². The lowest BCUT2D eigenvalue weighted by atomic mass is 9.84. The van der Waals surface area contributed by atoms with Crippen LogP contribution in [0.2, 0.25) is 0 Å². The normalized spacial score (nSPS) is 16.6. The van der Waals surface area contributed by atoms with E-state index in [-0.39, 0.29) is 0 Å². The molecule has 0 atom stereocenters. The zero-order chi connectivity index (χ0) is 25.7. The Kier molecular flexibility index (Phi) is 13.6. The van der Waals surface area contributed by atoms with Crippen molar-refractivity contribution in [2.75, 3.05) is 0 Å². The van der Waals surface area contributed by atoms with Crippen molar-refractivity contribution >= 4 is 0 Å². The maximum Gasteiger partial charge on any atom is -0.0395 e. The lowest BCUT2D eigenvalue weighted by Crippen LogP contribution is -2.08. The Hall–Kier alpha value is -2.34. The topological polar surface area (TPSA) is 0 Å². The van der Waals surface area contributed by atoms with E-state index in [0.29, 0.717) is 0 Å². The van der Waals surface area contributed by atoms with Crippen LogP contribution in [0.1, 0.15) is 84.0 Å². The Labute approximate surface area is 211 Å². The van der Waals surface area contributed by atoms with Gasteiger partial charge in [-0.1, -0.05) is 122 Å². The van der Waals surface area contributed by atoms with Gasteiger partial charge in [-0.05, 0) is 89.5 Å². The van der Waals surface area contributed by atoms with Crippen LogP contribution in [0.5, 0.6) is 0 Å². The van der Waals surface area contributed by atoms with E-state index in [4.69, 9.17) is 0 Å². The fourth-order valence-corrected chi connectivity index (χ4v) is 3.85. The minimum absolute atomic E-state index is 1.02. The molecule has 0 unspecified atom stereocenters. The summed E-state index contributed by atoms with van der Waals surface area (Å²) in [6.45, 7) is 21.7. The third-order valence-corrected chi connectivity index (χ3v) is 6.85. The van der Waals surface area contributed by atoms with E-state index in [0.717, 1.165) is 11.8 Å². The maximum absolute atomic E-state index is 2.37. The molecule has 0 amide bonds. The zero-order valence-electron chi connectivity index (χ0n) is 23.8. The van der Waals surface area contributed by atoms with Crippen molar-refractivity contribution in [1.29, 1.82) is 0 Å². The Morgan fingerprint density at radius 1 is 0.382 bits per heavy atom. The van der Waals surface area contributed by atoms with Gasteiger partial charge in [0.15, 0.2) is 0 Å². The molecule has 4 rings (SSSR count). The molecular weight excluding hydrogens is 408 g/mol. The lowest BCUT2D eigenvalue weighted by Gasteiger charge is -2.22. The van der Waals surface area contributed by atoms with Gasteiger partial charge in [-0.3, -0.25) is 0 Å². The zero-order valence-corrected chi connectivity index (χ0v) is 23.8. The molecule has 1 aliphatic carbocycles. The molecule has 3 aromatic rings. The van der Waals surface area contributed by atoms with E-state index in [9.17, 15) is 0 Å². The second kappa shape index (κ2) is 15.5. The molecule has 186 valence electrons. The molecule has 0 N–H and O–H groups in total. The Balaban J connectivity index is 0.000000227. The highest BCUT2D eigenvalue weighted by atomic mass is 14.2. The number of rotatable bonds is 0. The summed E-state index contributed by atoms with van der Waals surface area (Å²) in [7, 11) is 0. The number of hydrogen-bond donors (Lipinski definition) is 0. The number of hydrogen-bond acceptors (Lipinski definition) is 0. The highest BCUT2D eigenvalue weighted by Crippen LogP contribution is 2.27. The first kappa shape index (κ1) is 29.7. The predicted molar refractivity (Wildman–Crippen MR) is 154 cm³/mol. The number of aryl methyl sites for hydroxylation is 8. The average Bonchev–Trinajstić information content (AvgIpc) is 2.79. The van der Waals surface area contributed by atoms with Crippen molar-refractivity contribution in [3.05, 3.63) is 105 Å². The molecule has 0 spiro atoms. The van der Waals surface area contributed by atoms with Crippen molar-refractivity contribution in [2.24, 2.45) is 11.8 Å². The first-order valence-corrected chi connectivity index (χ1v) is 13.1. The van der Waals surface area contributed by atoms with Crippen LogP contribution in [0.25, 0.3) is 0 Å². The Bertz CT molecular complexity index is 873. The van der Waals surface area contributed by atoms with Crippen molar-refractivity contribution in [3.8, 4) is 0 Å². The molecule has 0 saturated heterocycles. The second-order valence-corrected chi connectivity index (χ2v) is 10.7. The monoisotopic (exact) mass is 458 g/mol. The summed E-state index contributed by atoms with van der Waals surface area (Å²) in [5, 5.41) is 0. The van der Waals surface area contributed by atoms with Gasteiger partial charge in [0.2, 0.25) is 0 Å². The predicted octanol–water partition coefficient (Wildman–Crippen LogP) is 10.4. The molecule has 0 bridgehead atoms. The second-order valence-electron chi connectivity index (χ2n) is 10.7. The minimum atomic E-state index is 1.02. The largest absolute Gasteiger partial charge is 0.0625 e. The van der Waals surface area contributed by atoms with Crippen molar-refractivity contribution in [1.82, 2.24) is 0 Å². The summed E-state index contributed by atoms with van der Waals surface area (Å²) in [5.74, 6) is 2.04. The van der Waals surface area contributed by atoms with E-state index in [1.807, 2.05) is 0 Å². The molecule has 0 heteroatoms. The van der Waals surface area contributed by atoms with Crippen LogP contribution in [0.15, 0.2) is 60.7 Å². The first-order chi connectivity index (χ1) is 16.0. The van der Waals surface area contributed by atoms with E-state index in [1.54, 1.807) is 0 Å². The molecule has 1 aliphatic rings. The summed E-state index contributed by atoms with van der Waals surface area (Å²) in [4.78, 5) is 0. The first-order valence-electron chi connectivity index (χ1n) is 13.1. The van der Waals surface area contributed by atoms with Gasteiger partial charge >= 0.3 is 0 Å². The van der Waals surface area contributed by atoms with Crippen LogP contribution < -0.4 is 0 Å². The Morgan fingerprint density at radius 2 is 0.647 bits per heavy atom. The van der Waals surface area contributed by atoms with Crippen LogP contribution in [-0.4, -0.2) is 0 Å². The third-order valence-electron chi connectivity index (χ3n) is 6.85. The van der Waals surface area contributed by atoms with Gasteiger partial charge in [0.05, 0.1) is 0 Å². The van der Waals surface area contributed by atoms with Gasteiger partial charge in [0.1, 0.15) is 0 Å². The molecule has 34 heavy (non-hydrogen) atoms. The highest BCUT2D eigenvalue weighted by Gasteiger charge is 2.13. The Morgan fingerprint density at radius 3 is 0.882 bits per heavy atom. The minimum Gasteiger partial charge on any atom is -0.0625 e. The average molecular weight is 459 g/mol.